The number of nitrogens with zero attached hydrogens (tertiary/aromatic N) is 1. The van der Waals surface area contributed by atoms with E-state index in [1.807, 2.05) is 6.92 Å². The van der Waals surface area contributed by atoms with E-state index in [1.54, 1.807) is 12.1 Å². The number of Topliss-reactive ketones (excluding diaryl/α,β-unsaturated/α-hetero) is 1. The van der Waals surface area contributed by atoms with Crippen molar-refractivity contribution in [3.05, 3.63) is 65.2 Å². The van der Waals surface area contributed by atoms with E-state index in [-0.39, 0.29) is 68.0 Å². The highest BCUT2D eigenvalue weighted by Crippen LogP contribution is 2.15. The summed E-state index contributed by atoms with van der Waals surface area (Å²) in [5, 5.41) is 3.19. The van der Waals surface area contributed by atoms with Crippen LogP contribution in [0.3, 0.4) is 0 Å². The fraction of sp³-hybridized carbons (Fsp3) is 0.485. The average Bonchev–Trinajstić information content (AvgIpc) is 3.40. The van der Waals surface area contributed by atoms with Gasteiger partial charge in [-0.15, -0.1) is 5.06 Å². The van der Waals surface area contributed by atoms with Crippen LogP contribution in [-0.4, -0.2) is 121 Å². The number of sulfone groups is 1. The lowest BCUT2D eigenvalue weighted by atomic mass is 10.1. The van der Waals surface area contributed by atoms with Gasteiger partial charge in [0.15, 0.2) is 15.6 Å². The summed E-state index contributed by atoms with van der Waals surface area (Å²) in [6.07, 6.45) is -0.115. The Labute approximate surface area is 285 Å². The van der Waals surface area contributed by atoms with Crippen LogP contribution in [-0.2, 0) is 52.7 Å². The van der Waals surface area contributed by atoms with Gasteiger partial charge in [-0.3, -0.25) is 19.2 Å². The first-order chi connectivity index (χ1) is 23.6. The van der Waals surface area contributed by atoms with Crippen molar-refractivity contribution >= 4 is 39.3 Å². The maximum absolute atomic E-state index is 12.5. The number of hydroxylamine groups is 2. The Hall–Kier alpha value is -4.06. The molecule has 1 heterocycles. The van der Waals surface area contributed by atoms with E-state index in [4.69, 9.17) is 23.7 Å². The molecule has 0 aromatic heterocycles. The quantitative estimate of drug-likeness (QED) is 0.0939. The highest BCUT2D eigenvalue weighted by Gasteiger charge is 2.32. The van der Waals surface area contributed by atoms with Crippen molar-refractivity contribution in [1.29, 1.82) is 0 Å². The van der Waals surface area contributed by atoms with Gasteiger partial charge in [0.05, 0.1) is 70.1 Å². The third-order valence-electron chi connectivity index (χ3n) is 6.89. The third-order valence-corrected chi connectivity index (χ3v) is 8.62. The van der Waals surface area contributed by atoms with E-state index < -0.39 is 34.2 Å². The molecular formula is C33H42N2O13S. The molecule has 1 N–H and O–H groups in total. The molecule has 0 aliphatic carbocycles. The molecular weight excluding hydrogens is 664 g/mol. The second-order valence-corrected chi connectivity index (χ2v) is 12.8. The summed E-state index contributed by atoms with van der Waals surface area (Å²) < 4.78 is 51.7. The molecule has 3 rings (SSSR count). The third kappa shape index (κ3) is 14.5. The van der Waals surface area contributed by atoms with Crippen LogP contribution in [0, 0.1) is 6.92 Å². The van der Waals surface area contributed by atoms with Crippen LogP contribution in [0.5, 0.6) is 0 Å². The molecule has 3 amide bonds. The summed E-state index contributed by atoms with van der Waals surface area (Å²) in [4.78, 5) is 64.1. The molecule has 49 heavy (non-hydrogen) atoms. The summed E-state index contributed by atoms with van der Waals surface area (Å²) in [6.45, 7) is 4.35. The van der Waals surface area contributed by atoms with Gasteiger partial charge in [-0.2, -0.15) is 0 Å². The predicted octanol–water partition coefficient (Wildman–Crippen LogP) is 1.46. The van der Waals surface area contributed by atoms with Gasteiger partial charge in [0.25, 0.3) is 17.7 Å². The molecule has 268 valence electrons. The van der Waals surface area contributed by atoms with Gasteiger partial charge in [0, 0.05) is 36.9 Å². The molecule has 1 fully saturated rings. The number of imide groups is 1. The van der Waals surface area contributed by atoms with Crippen molar-refractivity contribution < 1.29 is 60.9 Å². The minimum Gasteiger partial charge on any atom is -0.377 e. The maximum atomic E-state index is 12.5. The molecule has 0 bridgehead atoms. The number of carbonyl (C=O) groups is 5. The lowest BCUT2D eigenvalue weighted by molar-refractivity contribution is -0.200. The maximum Gasteiger partial charge on any atom is 0.358 e. The lowest BCUT2D eigenvalue weighted by Crippen LogP contribution is -2.33. The molecule has 1 aliphatic rings. The first-order valence-corrected chi connectivity index (χ1v) is 17.4. The van der Waals surface area contributed by atoms with E-state index in [1.165, 1.54) is 36.4 Å². The van der Waals surface area contributed by atoms with Crippen LogP contribution in [0.1, 0.15) is 45.5 Å². The summed E-state index contributed by atoms with van der Waals surface area (Å²) in [6, 6.07) is 12.5. The Bertz CT molecular complexity index is 1480. The van der Waals surface area contributed by atoms with Crippen LogP contribution < -0.4 is 5.32 Å². The molecule has 0 radical (unpaired) electrons. The predicted molar refractivity (Wildman–Crippen MR) is 172 cm³/mol. The molecule has 0 saturated carbocycles. The normalized spacial score (nSPS) is 13.1. The number of hydrogen-bond donors (Lipinski definition) is 1. The standard InChI is InChI=1S/C33H42N2O13S/c1-25-2-8-28(9-3-25)49(41,42)23-12-29(36)26-4-6-27(7-5-26)33(40)34-13-14-43-15-16-44-17-18-45-19-20-46-21-22-47-24-32(39)48-35-30(37)10-11-31(35)38/h2-9H,10-24H2,1H3,(H,34,40). The van der Waals surface area contributed by atoms with Gasteiger partial charge in [-0.1, -0.05) is 29.8 Å². The van der Waals surface area contributed by atoms with E-state index in [0.717, 1.165) is 5.56 Å². The Morgan fingerprint density at radius 3 is 1.73 bits per heavy atom. The Balaban J connectivity index is 1.11. The van der Waals surface area contributed by atoms with Gasteiger partial charge < -0.3 is 33.8 Å². The van der Waals surface area contributed by atoms with Crippen molar-refractivity contribution in [1.82, 2.24) is 10.4 Å². The number of benzene rings is 2. The van der Waals surface area contributed by atoms with Crippen LogP contribution in [0.4, 0.5) is 0 Å². The Morgan fingerprint density at radius 1 is 0.694 bits per heavy atom. The summed E-state index contributed by atoms with van der Waals surface area (Å²) in [7, 11) is -3.58. The fourth-order valence-corrected chi connectivity index (χ4v) is 5.44. The average molecular weight is 707 g/mol. The Morgan fingerprint density at radius 2 is 1.18 bits per heavy atom. The monoisotopic (exact) mass is 706 g/mol. The molecule has 1 aliphatic heterocycles. The summed E-state index contributed by atoms with van der Waals surface area (Å²) in [5.74, 6) is -2.90. The van der Waals surface area contributed by atoms with Crippen molar-refractivity contribution in [2.45, 2.75) is 31.1 Å². The topological polar surface area (TPSA) is 190 Å². The highest BCUT2D eigenvalue weighted by atomic mass is 32.2. The number of amides is 3. The summed E-state index contributed by atoms with van der Waals surface area (Å²) in [5.41, 5.74) is 1.64. The number of rotatable bonds is 24. The minimum absolute atomic E-state index is 0.0241. The molecule has 0 unspecified atom stereocenters. The van der Waals surface area contributed by atoms with E-state index >= 15 is 0 Å². The lowest BCUT2D eigenvalue weighted by Gasteiger charge is -2.12. The molecule has 1 saturated heterocycles. The second kappa shape index (κ2) is 21.1. The minimum atomic E-state index is -3.58. The smallest absolute Gasteiger partial charge is 0.358 e. The molecule has 2 aromatic carbocycles. The van der Waals surface area contributed by atoms with Crippen molar-refractivity contribution in [2.24, 2.45) is 0 Å². The molecule has 0 atom stereocenters. The van der Waals surface area contributed by atoms with Crippen LogP contribution in [0.15, 0.2) is 53.4 Å². The molecule has 15 nitrogen and oxygen atoms in total. The van der Waals surface area contributed by atoms with Gasteiger partial charge in [0.1, 0.15) is 6.61 Å². The van der Waals surface area contributed by atoms with E-state index in [2.05, 4.69) is 10.2 Å². The van der Waals surface area contributed by atoms with Crippen molar-refractivity contribution in [3.8, 4) is 0 Å². The van der Waals surface area contributed by atoms with Crippen molar-refractivity contribution in [3.63, 3.8) is 0 Å². The van der Waals surface area contributed by atoms with E-state index in [9.17, 15) is 32.4 Å². The first-order valence-electron chi connectivity index (χ1n) is 15.7. The zero-order valence-electron chi connectivity index (χ0n) is 27.4. The molecule has 16 heteroatoms. The second-order valence-electron chi connectivity index (χ2n) is 10.7. The van der Waals surface area contributed by atoms with Crippen LogP contribution in [0.25, 0.3) is 0 Å². The zero-order chi connectivity index (χ0) is 35.5. The zero-order valence-corrected chi connectivity index (χ0v) is 28.2. The van der Waals surface area contributed by atoms with Gasteiger partial charge in [-0.05, 0) is 31.2 Å². The largest absolute Gasteiger partial charge is 0.377 e. The number of ether oxygens (including phenoxy) is 5. The Kier molecular flexibility index (Phi) is 17.0. The fourth-order valence-electron chi connectivity index (χ4n) is 4.20. The number of carbonyl (C=O) groups excluding carboxylic acids is 5. The number of hydrogen-bond acceptors (Lipinski definition) is 13. The number of ketones is 1. The summed E-state index contributed by atoms with van der Waals surface area (Å²) >= 11 is 0. The molecule has 2 aromatic rings. The SMILES string of the molecule is Cc1ccc(S(=O)(=O)CCC(=O)c2ccc(C(=O)NCCOCCOCCOCCOCCOCC(=O)ON3C(=O)CCC3=O)cc2)cc1. The van der Waals surface area contributed by atoms with Gasteiger partial charge in [0.2, 0.25) is 0 Å². The number of nitrogens with one attached hydrogen (secondary N) is 1. The van der Waals surface area contributed by atoms with Crippen LogP contribution >= 0.6 is 0 Å². The first kappa shape index (κ1) is 39.4. The highest BCUT2D eigenvalue weighted by molar-refractivity contribution is 7.91. The van der Waals surface area contributed by atoms with Gasteiger partial charge >= 0.3 is 5.97 Å². The van der Waals surface area contributed by atoms with Gasteiger partial charge in [-0.25, -0.2) is 13.2 Å². The van der Waals surface area contributed by atoms with Crippen LogP contribution in [0.2, 0.25) is 0 Å². The van der Waals surface area contributed by atoms with E-state index in [0.29, 0.717) is 55.8 Å². The molecule has 0 spiro atoms. The van der Waals surface area contributed by atoms with Crippen molar-refractivity contribution in [2.75, 3.05) is 78.4 Å². The number of aryl methyl sites for hydroxylation is 1.